The molecule has 0 aliphatic carbocycles. The molecule has 0 aliphatic heterocycles. The fraction of sp³-hybridized carbons (Fsp3) is 0.143. The second-order valence-corrected chi connectivity index (χ2v) is 4.09. The van der Waals surface area contributed by atoms with Crippen LogP contribution in [0.15, 0.2) is 54.9 Å². The van der Waals surface area contributed by atoms with Crippen molar-refractivity contribution >= 4 is 11.6 Å². The van der Waals surface area contributed by atoms with Crippen LogP contribution < -0.4 is 9.63 Å². The molecule has 0 saturated carbocycles. The highest BCUT2D eigenvalue weighted by Gasteiger charge is 2.17. The van der Waals surface area contributed by atoms with E-state index in [-0.39, 0.29) is 12.5 Å². The van der Waals surface area contributed by atoms with E-state index in [9.17, 15) is 10.0 Å². The summed E-state index contributed by atoms with van der Waals surface area (Å²) in [5.74, 6) is -0.380. The van der Waals surface area contributed by atoms with Crippen LogP contribution in [-0.2, 0) is 11.3 Å². The Labute approximate surface area is 106 Å². The average molecular weight is 243 g/mol. The lowest BCUT2D eigenvalue weighted by molar-refractivity contribution is -0.684. The summed E-state index contributed by atoms with van der Waals surface area (Å²) in [7, 11) is 0. The zero-order valence-electron chi connectivity index (χ0n) is 10.2. The van der Waals surface area contributed by atoms with E-state index in [0.717, 1.165) is 5.56 Å². The van der Waals surface area contributed by atoms with Gasteiger partial charge in [0.25, 0.3) is 0 Å². The Hall–Kier alpha value is -2.20. The molecule has 1 aromatic heterocycles. The van der Waals surface area contributed by atoms with E-state index in [4.69, 9.17) is 0 Å². The van der Waals surface area contributed by atoms with Crippen molar-refractivity contribution in [2.75, 3.05) is 5.06 Å². The fourth-order valence-electron chi connectivity index (χ4n) is 1.59. The molecule has 4 heteroatoms. The van der Waals surface area contributed by atoms with Crippen LogP contribution in [0.2, 0.25) is 0 Å². The number of rotatable bonds is 3. The summed E-state index contributed by atoms with van der Waals surface area (Å²) in [4.78, 5) is 11.9. The molecule has 0 bridgehead atoms. The molecule has 4 nitrogen and oxygen atoms in total. The minimum atomic E-state index is -0.380. The number of pyridine rings is 1. The number of carbonyl (C=O) groups excluding carboxylic acids is 1. The molecule has 0 unspecified atom stereocenters. The number of carbonyl (C=O) groups is 1. The van der Waals surface area contributed by atoms with Gasteiger partial charge >= 0.3 is 5.91 Å². The molecule has 1 aromatic carbocycles. The van der Waals surface area contributed by atoms with Crippen LogP contribution in [0.3, 0.4) is 0 Å². The Kier molecular flexibility index (Phi) is 3.69. The maximum atomic E-state index is 11.9. The monoisotopic (exact) mass is 243 g/mol. The van der Waals surface area contributed by atoms with Crippen LogP contribution in [0, 0.1) is 6.92 Å². The maximum absolute atomic E-state index is 11.9. The maximum Gasteiger partial charge on any atom is 0.316 e. The number of aryl methyl sites for hydroxylation is 1. The fourth-order valence-corrected chi connectivity index (χ4v) is 1.59. The largest absolute Gasteiger partial charge is 0.316 e. The molecule has 0 saturated heterocycles. The zero-order valence-corrected chi connectivity index (χ0v) is 10.2. The van der Waals surface area contributed by atoms with E-state index in [2.05, 4.69) is 0 Å². The molecule has 1 heterocycles. The van der Waals surface area contributed by atoms with E-state index < -0.39 is 0 Å². The third-order valence-corrected chi connectivity index (χ3v) is 2.61. The minimum Gasteiger partial charge on any atom is -0.281 e. The molecule has 0 radical (unpaired) electrons. The Bertz CT molecular complexity index is 523. The third kappa shape index (κ3) is 2.93. The molecule has 0 atom stereocenters. The van der Waals surface area contributed by atoms with Crippen molar-refractivity contribution in [2.24, 2.45) is 0 Å². The summed E-state index contributed by atoms with van der Waals surface area (Å²) in [5, 5.41) is 10.5. The standard InChI is InChI=1S/C14H15N2O2/c1-12-5-7-13(8-6-12)16(18)14(17)11-15-9-3-2-4-10-15/h2-10,18H,11H2,1H3/q+1. The van der Waals surface area contributed by atoms with Crippen LogP contribution in [-0.4, -0.2) is 11.1 Å². The Morgan fingerprint density at radius 1 is 1.17 bits per heavy atom. The Morgan fingerprint density at radius 2 is 1.78 bits per heavy atom. The van der Waals surface area contributed by atoms with Crippen molar-refractivity contribution in [1.29, 1.82) is 0 Å². The molecule has 18 heavy (non-hydrogen) atoms. The van der Waals surface area contributed by atoms with Crippen molar-refractivity contribution in [3.63, 3.8) is 0 Å². The lowest BCUT2D eigenvalue weighted by atomic mass is 10.2. The van der Waals surface area contributed by atoms with E-state index in [1.165, 1.54) is 0 Å². The van der Waals surface area contributed by atoms with Crippen molar-refractivity contribution in [2.45, 2.75) is 13.5 Å². The number of hydrogen-bond acceptors (Lipinski definition) is 2. The third-order valence-electron chi connectivity index (χ3n) is 2.61. The van der Waals surface area contributed by atoms with Gasteiger partial charge in [-0.3, -0.25) is 10.0 Å². The first-order chi connectivity index (χ1) is 8.66. The van der Waals surface area contributed by atoms with Crippen LogP contribution >= 0.6 is 0 Å². The average Bonchev–Trinajstić information content (AvgIpc) is 2.40. The van der Waals surface area contributed by atoms with Gasteiger partial charge in [-0.2, -0.15) is 9.63 Å². The first-order valence-corrected chi connectivity index (χ1v) is 5.69. The molecule has 0 spiro atoms. The van der Waals surface area contributed by atoms with Crippen LogP contribution in [0.25, 0.3) is 0 Å². The van der Waals surface area contributed by atoms with Crippen LogP contribution in [0.5, 0.6) is 0 Å². The summed E-state index contributed by atoms with van der Waals surface area (Å²) in [6, 6.07) is 12.7. The van der Waals surface area contributed by atoms with Crippen molar-refractivity contribution in [3.05, 3.63) is 60.4 Å². The van der Waals surface area contributed by atoms with Gasteiger partial charge < -0.3 is 0 Å². The SMILES string of the molecule is Cc1ccc(N(O)C(=O)C[n+]2ccccc2)cc1. The molecule has 1 N–H and O–H groups in total. The number of benzene rings is 1. The lowest BCUT2D eigenvalue weighted by Gasteiger charge is -2.13. The molecule has 0 aliphatic rings. The van der Waals surface area contributed by atoms with Crippen LogP contribution in [0.4, 0.5) is 5.69 Å². The number of aromatic nitrogens is 1. The minimum absolute atomic E-state index is 0.102. The molecular weight excluding hydrogens is 228 g/mol. The lowest BCUT2D eigenvalue weighted by Crippen LogP contribution is -2.43. The predicted octanol–water partition coefficient (Wildman–Crippen LogP) is 1.70. The Balaban J connectivity index is 2.07. The summed E-state index contributed by atoms with van der Waals surface area (Å²) < 4.78 is 1.71. The van der Waals surface area contributed by atoms with E-state index in [0.29, 0.717) is 10.8 Å². The van der Waals surface area contributed by atoms with Gasteiger partial charge in [-0.1, -0.05) is 23.8 Å². The summed E-state index contributed by atoms with van der Waals surface area (Å²) in [6.07, 6.45) is 3.56. The topological polar surface area (TPSA) is 44.4 Å². The van der Waals surface area contributed by atoms with Gasteiger partial charge in [0, 0.05) is 12.1 Å². The van der Waals surface area contributed by atoms with Gasteiger partial charge in [0.2, 0.25) is 6.54 Å². The number of hydrogen-bond donors (Lipinski definition) is 1. The first-order valence-electron chi connectivity index (χ1n) is 5.69. The van der Waals surface area contributed by atoms with Gasteiger partial charge in [-0.25, -0.2) is 0 Å². The summed E-state index contributed by atoms with van der Waals surface area (Å²) in [5.41, 5.74) is 1.55. The second kappa shape index (κ2) is 5.42. The summed E-state index contributed by atoms with van der Waals surface area (Å²) in [6.45, 7) is 2.05. The smallest absolute Gasteiger partial charge is 0.281 e. The highest BCUT2D eigenvalue weighted by Crippen LogP contribution is 2.13. The quantitative estimate of drug-likeness (QED) is 0.506. The molecular formula is C14H15N2O2+. The molecule has 92 valence electrons. The van der Waals surface area contributed by atoms with Gasteiger partial charge in [-0.05, 0) is 19.1 Å². The first kappa shape index (κ1) is 12.3. The number of hydroxylamine groups is 1. The molecule has 2 rings (SSSR count). The van der Waals surface area contributed by atoms with E-state index >= 15 is 0 Å². The normalized spacial score (nSPS) is 10.1. The second-order valence-electron chi connectivity index (χ2n) is 4.09. The number of anilines is 1. The van der Waals surface area contributed by atoms with E-state index in [1.54, 1.807) is 29.1 Å². The predicted molar refractivity (Wildman–Crippen MR) is 67.1 cm³/mol. The zero-order chi connectivity index (χ0) is 13.0. The summed E-state index contributed by atoms with van der Waals surface area (Å²) >= 11 is 0. The van der Waals surface area contributed by atoms with Crippen molar-refractivity contribution in [3.8, 4) is 0 Å². The van der Waals surface area contributed by atoms with Crippen molar-refractivity contribution in [1.82, 2.24) is 0 Å². The molecule has 2 aromatic rings. The number of nitrogens with zero attached hydrogens (tertiary/aromatic N) is 2. The van der Waals surface area contributed by atoms with Gasteiger partial charge in [-0.15, -0.1) is 0 Å². The highest BCUT2D eigenvalue weighted by atomic mass is 16.5. The van der Waals surface area contributed by atoms with Crippen molar-refractivity contribution < 1.29 is 14.6 Å². The molecule has 1 amide bonds. The highest BCUT2D eigenvalue weighted by molar-refractivity contribution is 5.89. The van der Waals surface area contributed by atoms with Gasteiger partial charge in [0.1, 0.15) is 0 Å². The molecule has 0 fully saturated rings. The van der Waals surface area contributed by atoms with E-state index in [1.807, 2.05) is 37.3 Å². The Morgan fingerprint density at radius 3 is 2.39 bits per heavy atom. The van der Waals surface area contributed by atoms with Crippen LogP contribution in [0.1, 0.15) is 5.56 Å². The van der Waals surface area contributed by atoms with Gasteiger partial charge in [0.05, 0.1) is 5.69 Å². The van der Waals surface area contributed by atoms with Gasteiger partial charge in [0.15, 0.2) is 12.4 Å². The number of amides is 1.